The highest BCUT2D eigenvalue weighted by molar-refractivity contribution is 6.74. The lowest BCUT2D eigenvalue weighted by Crippen LogP contribution is -2.41. The van der Waals surface area contributed by atoms with Gasteiger partial charge in [0.25, 0.3) is 0 Å². The largest absolute Gasteiger partial charge is 0.416 e. The number of hydrogen-bond acceptors (Lipinski definition) is 7. The van der Waals surface area contributed by atoms with E-state index in [4.69, 9.17) is 41.8 Å². The summed E-state index contributed by atoms with van der Waals surface area (Å²) in [6, 6.07) is 4.89. The van der Waals surface area contributed by atoms with E-state index in [1.165, 1.54) is 12.4 Å². The van der Waals surface area contributed by atoms with Crippen LogP contribution in [-0.2, 0) is 25.1 Å². The van der Waals surface area contributed by atoms with Crippen LogP contribution in [0.4, 0.5) is 4.39 Å². The van der Waals surface area contributed by atoms with E-state index in [2.05, 4.69) is 43.8 Å². The summed E-state index contributed by atoms with van der Waals surface area (Å²) in [7, 11) is -2.06. The number of nitrogens with zero attached hydrogens (tertiary/aromatic N) is 3. The maximum absolute atomic E-state index is 15.5. The number of ether oxygens (including phenoxy) is 3. The molecule has 218 valence electrons. The Morgan fingerprint density at radius 1 is 1.15 bits per heavy atom. The highest BCUT2D eigenvalue weighted by atomic mass is 35.5. The molecule has 0 aliphatic carbocycles. The van der Waals surface area contributed by atoms with Crippen LogP contribution in [0.3, 0.4) is 0 Å². The summed E-state index contributed by atoms with van der Waals surface area (Å²) in [5.74, 6) is -1.49. The molecule has 2 aliphatic heterocycles. The number of halogens is 3. The molecule has 0 amide bonds. The van der Waals surface area contributed by atoms with Gasteiger partial charge >= 0.3 is 0 Å². The molecule has 2 fully saturated rings. The standard InChI is InChI=1S/C28H36Cl2FN3O5Si/c1-27(2,3)40(6,7)36-13-11-15-16(8-9-18(29)19(15)31)20(35)21-22-23(39-28(4,5)38-22)26(37-21)34-12-10-17-24(30)32-14-33-25(17)34/h8-10,12,14,20-23,26,35H,11,13H2,1-7H3/t20-,21-,22-,23-,26-/m1/s1. The third kappa shape index (κ3) is 5.33. The van der Waals surface area contributed by atoms with E-state index in [1.807, 2.05) is 13.8 Å². The molecule has 40 heavy (non-hydrogen) atoms. The van der Waals surface area contributed by atoms with Gasteiger partial charge in [-0.05, 0) is 61.7 Å². The van der Waals surface area contributed by atoms with Crippen LogP contribution < -0.4 is 0 Å². The van der Waals surface area contributed by atoms with Crippen molar-refractivity contribution in [1.82, 2.24) is 14.5 Å². The quantitative estimate of drug-likeness (QED) is 0.238. The third-order valence-electron chi connectivity index (χ3n) is 8.28. The fourth-order valence-electron chi connectivity index (χ4n) is 5.17. The first-order valence-electron chi connectivity index (χ1n) is 13.4. The van der Waals surface area contributed by atoms with Gasteiger partial charge in [0.2, 0.25) is 0 Å². The monoisotopic (exact) mass is 611 g/mol. The number of aliphatic hydroxyl groups excluding tert-OH is 1. The molecule has 2 aromatic heterocycles. The van der Waals surface area contributed by atoms with Crippen LogP contribution in [0.1, 0.15) is 58.1 Å². The van der Waals surface area contributed by atoms with Gasteiger partial charge in [0.05, 0.1) is 10.4 Å². The molecule has 12 heteroatoms. The van der Waals surface area contributed by atoms with E-state index in [0.717, 1.165) is 0 Å². The number of benzene rings is 1. The lowest BCUT2D eigenvalue weighted by molar-refractivity contribution is -0.207. The summed E-state index contributed by atoms with van der Waals surface area (Å²) in [4.78, 5) is 8.43. The summed E-state index contributed by atoms with van der Waals surface area (Å²) in [5.41, 5.74) is 1.24. The van der Waals surface area contributed by atoms with Crippen molar-refractivity contribution < 1.29 is 28.1 Å². The van der Waals surface area contributed by atoms with Crippen LogP contribution >= 0.6 is 23.2 Å². The van der Waals surface area contributed by atoms with Gasteiger partial charge < -0.3 is 28.3 Å². The Kier molecular flexibility index (Phi) is 7.89. The van der Waals surface area contributed by atoms with Crippen molar-refractivity contribution in [1.29, 1.82) is 0 Å². The van der Waals surface area contributed by atoms with Crippen LogP contribution in [0.2, 0.25) is 28.3 Å². The zero-order valence-corrected chi connectivity index (χ0v) is 26.3. The maximum Gasteiger partial charge on any atom is 0.191 e. The highest BCUT2D eigenvalue weighted by Gasteiger charge is 2.58. The number of aliphatic hydroxyl groups is 1. The smallest absolute Gasteiger partial charge is 0.191 e. The first-order chi connectivity index (χ1) is 18.6. The van der Waals surface area contributed by atoms with Crippen LogP contribution in [0.25, 0.3) is 11.0 Å². The second-order valence-electron chi connectivity index (χ2n) is 12.4. The fraction of sp³-hybridized carbons (Fsp3) is 0.571. The van der Waals surface area contributed by atoms with Crippen LogP contribution in [-0.4, -0.2) is 58.7 Å². The van der Waals surface area contributed by atoms with Crippen molar-refractivity contribution in [2.75, 3.05) is 6.61 Å². The molecule has 0 unspecified atom stereocenters. The van der Waals surface area contributed by atoms with Crippen molar-refractivity contribution in [2.24, 2.45) is 0 Å². The first kappa shape index (κ1) is 29.8. The lowest BCUT2D eigenvalue weighted by atomic mass is 9.93. The summed E-state index contributed by atoms with van der Waals surface area (Å²) in [6.45, 7) is 14.7. The number of fused-ring (bicyclic) bond motifs is 2. The molecule has 2 aliphatic rings. The fourth-order valence-corrected chi connectivity index (χ4v) is 6.59. The average Bonchev–Trinajstić information content (AvgIpc) is 3.52. The third-order valence-corrected chi connectivity index (χ3v) is 13.4. The minimum Gasteiger partial charge on any atom is -0.416 e. The molecular weight excluding hydrogens is 576 g/mol. The van der Waals surface area contributed by atoms with Gasteiger partial charge in [-0.2, -0.15) is 0 Å². The Morgan fingerprint density at radius 3 is 2.55 bits per heavy atom. The summed E-state index contributed by atoms with van der Waals surface area (Å²) in [6.07, 6.45) is -0.571. The minimum atomic E-state index is -2.06. The van der Waals surface area contributed by atoms with Crippen LogP contribution in [0, 0.1) is 5.82 Å². The molecular formula is C28H36Cl2FN3O5Si. The zero-order chi connectivity index (χ0) is 29.2. The second-order valence-corrected chi connectivity index (χ2v) is 18.0. The van der Waals surface area contributed by atoms with E-state index in [9.17, 15) is 5.11 Å². The summed E-state index contributed by atoms with van der Waals surface area (Å²) >= 11 is 12.5. The molecule has 0 saturated carbocycles. The van der Waals surface area contributed by atoms with Gasteiger partial charge in [-0.1, -0.05) is 50.0 Å². The molecule has 1 N–H and O–H groups in total. The molecule has 8 nitrogen and oxygen atoms in total. The molecule has 3 aromatic rings. The molecule has 0 spiro atoms. The highest BCUT2D eigenvalue weighted by Crippen LogP contribution is 2.48. The molecule has 5 rings (SSSR count). The minimum absolute atomic E-state index is 0.00827. The molecule has 5 atom stereocenters. The van der Waals surface area contributed by atoms with Gasteiger partial charge in [0.15, 0.2) is 20.3 Å². The van der Waals surface area contributed by atoms with Crippen molar-refractivity contribution >= 4 is 42.6 Å². The van der Waals surface area contributed by atoms with Gasteiger partial charge in [-0.25, -0.2) is 14.4 Å². The van der Waals surface area contributed by atoms with Crippen LogP contribution in [0.15, 0.2) is 30.7 Å². The predicted octanol–water partition coefficient (Wildman–Crippen LogP) is 6.59. The van der Waals surface area contributed by atoms with E-state index in [0.29, 0.717) is 33.9 Å². The number of hydrogen-bond donors (Lipinski definition) is 1. The Balaban J connectivity index is 1.46. The van der Waals surface area contributed by atoms with Gasteiger partial charge in [0.1, 0.15) is 47.4 Å². The summed E-state index contributed by atoms with van der Waals surface area (Å²) < 4.78 is 42.5. The van der Waals surface area contributed by atoms with E-state index in [1.54, 1.807) is 22.9 Å². The van der Waals surface area contributed by atoms with Crippen molar-refractivity contribution in [2.45, 2.75) is 95.6 Å². The van der Waals surface area contributed by atoms with Crippen LogP contribution in [0.5, 0.6) is 0 Å². The lowest BCUT2D eigenvalue weighted by Gasteiger charge is -2.36. The zero-order valence-electron chi connectivity index (χ0n) is 23.7. The van der Waals surface area contributed by atoms with Gasteiger partial charge in [0, 0.05) is 12.8 Å². The molecule has 0 radical (unpaired) electrons. The van der Waals surface area contributed by atoms with E-state index in [-0.39, 0.29) is 16.5 Å². The first-order valence-corrected chi connectivity index (χ1v) is 17.0. The Morgan fingerprint density at radius 2 is 1.85 bits per heavy atom. The molecule has 1 aromatic carbocycles. The SMILES string of the molecule is CC1(C)O[C@H]2[C@@H](O1)[C@H](n1ccc3c(Cl)ncnc31)O[C@@H]2[C@H](O)c1ccc(Cl)c(F)c1CCO[Si](C)(C)C(C)(C)C. The molecule has 2 saturated heterocycles. The van der Waals surface area contributed by atoms with Crippen molar-refractivity contribution in [3.8, 4) is 0 Å². The summed E-state index contributed by atoms with van der Waals surface area (Å²) in [5, 5.41) is 12.7. The number of aromatic nitrogens is 3. The average molecular weight is 613 g/mol. The maximum atomic E-state index is 15.5. The Labute approximate surface area is 244 Å². The van der Waals surface area contributed by atoms with E-state index < -0.39 is 50.6 Å². The van der Waals surface area contributed by atoms with E-state index >= 15 is 4.39 Å². The Hall–Kier alpha value is -1.63. The normalized spacial score (nSPS) is 25.5. The topological polar surface area (TPSA) is 87.9 Å². The molecule has 0 bridgehead atoms. The van der Waals surface area contributed by atoms with Gasteiger partial charge in [-0.3, -0.25) is 0 Å². The second kappa shape index (κ2) is 10.6. The van der Waals surface area contributed by atoms with Crippen molar-refractivity contribution in [3.63, 3.8) is 0 Å². The molecule has 4 heterocycles. The predicted molar refractivity (Wildman–Crippen MR) is 153 cm³/mol. The van der Waals surface area contributed by atoms with Gasteiger partial charge in [-0.15, -0.1) is 0 Å². The van der Waals surface area contributed by atoms with Crippen molar-refractivity contribution in [3.05, 3.63) is 57.8 Å². The Bertz CT molecular complexity index is 1410. The number of rotatable bonds is 7.